The van der Waals surface area contributed by atoms with Crippen molar-refractivity contribution in [1.82, 2.24) is 9.78 Å². The van der Waals surface area contributed by atoms with E-state index in [4.69, 9.17) is 16.3 Å². The van der Waals surface area contributed by atoms with Crippen LogP contribution in [0.2, 0.25) is 5.02 Å². The number of aryl methyl sites for hydroxylation is 2. The number of nitrogens with zero attached hydrogens (tertiary/aromatic N) is 2. The summed E-state index contributed by atoms with van der Waals surface area (Å²) in [5.41, 5.74) is 0.914. The van der Waals surface area contributed by atoms with E-state index in [-0.39, 0.29) is 26.9 Å². The van der Waals surface area contributed by atoms with Gasteiger partial charge in [-0.05, 0) is 38.0 Å². The third kappa shape index (κ3) is 3.66. The minimum atomic E-state index is -3.50. The van der Waals surface area contributed by atoms with Crippen LogP contribution in [0.4, 0.5) is 0 Å². The van der Waals surface area contributed by atoms with Gasteiger partial charge >= 0.3 is 5.97 Å². The first-order chi connectivity index (χ1) is 12.0. The highest BCUT2D eigenvalue weighted by atomic mass is 35.5. The Morgan fingerprint density at radius 2 is 1.88 bits per heavy atom. The number of hydrogen-bond donors (Lipinski definition) is 0. The van der Waals surface area contributed by atoms with Crippen LogP contribution in [-0.2, 0) is 21.2 Å². The third-order valence-electron chi connectivity index (χ3n) is 3.82. The van der Waals surface area contributed by atoms with Crippen molar-refractivity contribution in [3.63, 3.8) is 0 Å². The Hall–Kier alpha value is -2.19. The minimum absolute atomic E-state index is 0.0311. The van der Waals surface area contributed by atoms with Gasteiger partial charge < -0.3 is 4.74 Å². The van der Waals surface area contributed by atoms with E-state index in [1.807, 2.05) is 0 Å². The SMILES string of the molecule is CCn1ncc(C(=O)c2cc(C)c(S(C)(=O)=O)c(C)c2Cl)c1OC(C)=O. The predicted octanol–water partition coefficient (Wildman–Crippen LogP) is 2.73. The largest absolute Gasteiger partial charge is 0.407 e. The molecule has 0 aliphatic rings. The Bertz CT molecular complexity index is 1010. The smallest absolute Gasteiger partial charge is 0.309 e. The van der Waals surface area contributed by atoms with Gasteiger partial charge in [-0.2, -0.15) is 5.10 Å². The van der Waals surface area contributed by atoms with Crippen molar-refractivity contribution in [2.24, 2.45) is 0 Å². The number of ether oxygens (including phenoxy) is 1. The molecule has 0 aliphatic heterocycles. The molecule has 0 aliphatic carbocycles. The number of carbonyl (C=O) groups excluding carboxylic acids is 2. The maximum absolute atomic E-state index is 13.0. The Morgan fingerprint density at radius 3 is 2.38 bits per heavy atom. The van der Waals surface area contributed by atoms with Crippen molar-refractivity contribution in [2.75, 3.05) is 6.26 Å². The molecule has 0 atom stereocenters. The first kappa shape index (κ1) is 20.1. The fourth-order valence-corrected chi connectivity index (χ4v) is 4.42. The van der Waals surface area contributed by atoms with Gasteiger partial charge in [0.1, 0.15) is 5.56 Å². The lowest BCUT2D eigenvalue weighted by atomic mass is 10.0. The summed E-state index contributed by atoms with van der Waals surface area (Å²) in [6.45, 7) is 6.55. The molecule has 0 saturated heterocycles. The monoisotopic (exact) mass is 398 g/mol. The molecular weight excluding hydrogens is 380 g/mol. The summed E-state index contributed by atoms with van der Waals surface area (Å²) in [5, 5.41) is 4.09. The minimum Gasteiger partial charge on any atom is -0.407 e. The topological polar surface area (TPSA) is 95.3 Å². The number of aromatic nitrogens is 2. The van der Waals surface area contributed by atoms with E-state index >= 15 is 0 Å². The molecule has 9 heteroatoms. The zero-order valence-corrected chi connectivity index (χ0v) is 16.7. The molecule has 0 fully saturated rings. The number of benzene rings is 1. The Labute approximate surface area is 156 Å². The van der Waals surface area contributed by atoms with Gasteiger partial charge in [-0.3, -0.25) is 9.59 Å². The summed E-state index contributed by atoms with van der Waals surface area (Å²) in [7, 11) is -3.50. The molecule has 0 N–H and O–H groups in total. The summed E-state index contributed by atoms with van der Waals surface area (Å²) in [4.78, 5) is 24.4. The number of carbonyl (C=O) groups is 2. The van der Waals surface area contributed by atoms with Gasteiger partial charge in [0.2, 0.25) is 11.7 Å². The first-order valence-corrected chi connectivity index (χ1v) is 10.0. The Kier molecular flexibility index (Phi) is 5.58. The second kappa shape index (κ2) is 7.20. The highest BCUT2D eigenvalue weighted by molar-refractivity contribution is 7.90. The van der Waals surface area contributed by atoms with Crippen molar-refractivity contribution >= 4 is 33.2 Å². The van der Waals surface area contributed by atoms with Crippen LogP contribution in [0.1, 0.15) is 40.9 Å². The molecule has 0 saturated carbocycles. The van der Waals surface area contributed by atoms with E-state index in [1.165, 1.54) is 23.9 Å². The molecule has 0 spiro atoms. The van der Waals surface area contributed by atoms with Gasteiger partial charge in [0.25, 0.3) is 0 Å². The van der Waals surface area contributed by atoms with E-state index in [1.54, 1.807) is 20.8 Å². The molecule has 0 unspecified atom stereocenters. The van der Waals surface area contributed by atoms with Crippen LogP contribution in [0.3, 0.4) is 0 Å². The quantitative estimate of drug-likeness (QED) is 0.567. The Balaban J connectivity index is 2.66. The fourth-order valence-electron chi connectivity index (χ4n) is 2.82. The average molecular weight is 399 g/mol. The van der Waals surface area contributed by atoms with Crippen molar-refractivity contribution in [3.05, 3.63) is 39.5 Å². The molecule has 7 nitrogen and oxygen atoms in total. The van der Waals surface area contributed by atoms with E-state index < -0.39 is 21.6 Å². The lowest BCUT2D eigenvalue weighted by Crippen LogP contribution is -2.13. The van der Waals surface area contributed by atoms with Crippen molar-refractivity contribution in [3.8, 4) is 5.88 Å². The van der Waals surface area contributed by atoms with Crippen LogP contribution in [-0.4, -0.2) is 36.2 Å². The number of halogens is 1. The molecule has 1 heterocycles. The van der Waals surface area contributed by atoms with Crippen LogP contribution in [0, 0.1) is 13.8 Å². The first-order valence-electron chi connectivity index (χ1n) is 7.77. The van der Waals surface area contributed by atoms with Gasteiger partial charge in [0, 0.05) is 25.3 Å². The molecule has 0 radical (unpaired) electrons. The third-order valence-corrected chi connectivity index (χ3v) is 5.67. The standard InChI is InChI=1S/C17H19ClN2O5S/c1-6-20-17(25-11(4)21)13(8-19-20)15(22)12-7-9(2)16(26(5,23)24)10(3)14(12)18/h7-8H,6H2,1-5H3. The van der Waals surface area contributed by atoms with Crippen LogP contribution >= 0.6 is 11.6 Å². The maximum atomic E-state index is 13.0. The fraction of sp³-hybridized carbons (Fsp3) is 0.353. The van der Waals surface area contributed by atoms with Crippen LogP contribution in [0.15, 0.2) is 17.2 Å². The zero-order chi connectivity index (χ0) is 19.8. The normalized spacial score (nSPS) is 11.5. The van der Waals surface area contributed by atoms with Gasteiger partial charge in [-0.1, -0.05) is 11.6 Å². The number of sulfone groups is 1. The molecule has 2 aromatic rings. The van der Waals surface area contributed by atoms with Crippen LogP contribution in [0.25, 0.3) is 0 Å². The number of esters is 1. The zero-order valence-electron chi connectivity index (χ0n) is 15.1. The van der Waals surface area contributed by atoms with E-state index in [0.29, 0.717) is 17.7 Å². The molecule has 140 valence electrons. The van der Waals surface area contributed by atoms with E-state index in [2.05, 4.69) is 5.10 Å². The van der Waals surface area contributed by atoms with Gasteiger partial charge in [-0.15, -0.1) is 0 Å². The summed E-state index contributed by atoms with van der Waals surface area (Å²) in [6, 6.07) is 1.43. The molecule has 1 aromatic heterocycles. The summed E-state index contributed by atoms with van der Waals surface area (Å²) in [5.74, 6) is -1.05. The lowest BCUT2D eigenvalue weighted by molar-refractivity contribution is -0.132. The summed E-state index contributed by atoms with van der Waals surface area (Å²) < 4.78 is 30.5. The Morgan fingerprint density at radius 1 is 1.27 bits per heavy atom. The second-order valence-corrected chi connectivity index (χ2v) is 8.21. The van der Waals surface area contributed by atoms with Crippen molar-refractivity contribution < 1.29 is 22.7 Å². The highest BCUT2D eigenvalue weighted by Crippen LogP contribution is 2.33. The molecule has 2 rings (SSSR count). The summed E-state index contributed by atoms with van der Waals surface area (Å²) in [6.07, 6.45) is 2.39. The van der Waals surface area contributed by atoms with Crippen LogP contribution in [0.5, 0.6) is 5.88 Å². The van der Waals surface area contributed by atoms with E-state index in [0.717, 1.165) is 6.26 Å². The van der Waals surface area contributed by atoms with Gasteiger partial charge in [0.05, 0.1) is 16.1 Å². The highest BCUT2D eigenvalue weighted by Gasteiger charge is 2.26. The molecule has 26 heavy (non-hydrogen) atoms. The lowest BCUT2D eigenvalue weighted by Gasteiger charge is -2.14. The van der Waals surface area contributed by atoms with Crippen molar-refractivity contribution in [1.29, 1.82) is 0 Å². The molecule has 1 aromatic carbocycles. The second-order valence-electron chi connectivity index (χ2n) is 5.88. The molecular formula is C17H19ClN2O5S. The van der Waals surface area contributed by atoms with Gasteiger partial charge in [-0.25, -0.2) is 13.1 Å². The average Bonchev–Trinajstić information content (AvgIpc) is 2.90. The predicted molar refractivity (Wildman–Crippen MR) is 96.7 cm³/mol. The number of hydrogen-bond acceptors (Lipinski definition) is 6. The van der Waals surface area contributed by atoms with E-state index in [9.17, 15) is 18.0 Å². The summed E-state index contributed by atoms with van der Waals surface area (Å²) >= 11 is 6.30. The number of rotatable bonds is 5. The molecule has 0 bridgehead atoms. The van der Waals surface area contributed by atoms with Crippen LogP contribution < -0.4 is 4.74 Å². The van der Waals surface area contributed by atoms with Crippen molar-refractivity contribution in [2.45, 2.75) is 39.1 Å². The maximum Gasteiger partial charge on any atom is 0.309 e. The van der Waals surface area contributed by atoms with Gasteiger partial charge in [0.15, 0.2) is 9.84 Å². The molecule has 0 amide bonds. The number of ketones is 1.